The van der Waals surface area contributed by atoms with Crippen LogP contribution in [0.15, 0.2) is 103 Å². The minimum atomic E-state index is -0.467. The molecule has 2 amide bonds. The quantitative estimate of drug-likeness (QED) is 0.412. The van der Waals surface area contributed by atoms with Gasteiger partial charge < -0.3 is 10.2 Å². The van der Waals surface area contributed by atoms with Gasteiger partial charge in [0.25, 0.3) is 5.91 Å². The van der Waals surface area contributed by atoms with Crippen molar-refractivity contribution in [1.29, 1.82) is 0 Å². The summed E-state index contributed by atoms with van der Waals surface area (Å²) < 4.78 is 13.8. The highest BCUT2D eigenvalue weighted by Gasteiger charge is 2.19. The summed E-state index contributed by atoms with van der Waals surface area (Å²) in [5.41, 5.74) is 3.57. The molecule has 0 bridgehead atoms. The van der Waals surface area contributed by atoms with E-state index in [1.165, 1.54) is 18.2 Å². The van der Waals surface area contributed by atoms with E-state index in [1.54, 1.807) is 23.4 Å². The lowest BCUT2D eigenvalue weighted by Crippen LogP contribution is -2.30. The molecule has 0 aliphatic heterocycles. The second-order valence-electron chi connectivity index (χ2n) is 7.87. The zero-order valence-electron chi connectivity index (χ0n) is 18.5. The van der Waals surface area contributed by atoms with Gasteiger partial charge in [-0.3, -0.25) is 14.6 Å². The summed E-state index contributed by atoms with van der Waals surface area (Å²) in [7, 11) is 0. The molecule has 0 atom stereocenters. The number of hydrogen-bond donors (Lipinski definition) is 1. The smallest absolute Gasteiger partial charge is 0.258 e. The van der Waals surface area contributed by atoms with Gasteiger partial charge in [0.05, 0.1) is 13.0 Å². The first-order chi connectivity index (χ1) is 16.6. The van der Waals surface area contributed by atoms with E-state index >= 15 is 0 Å². The van der Waals surface area contributed by atoms with E-state index in [4.69, 9.17) is 0 Å². The van der Waals surface area contributed by atoms with E-state index in [9.17, 15) is 14.0 Å². The van der Waals surface area contributed by atoms with Crippen molar-refractivity contribution >= 4 is 17.5 Å². The van der Waals surface area contributed by atoms with Gasteiger partial charge in [-0.2, -0.15) is 0 Å². The molecule has 0 radical (unpaired) electrons. The summed E-state index contributed by atoms with van der Waals surface area (Å²) >= 11 is 0. The molecule has 170 valence electrons. The fourth-order valence-electron chi connectivity index (χ4n) is 3.61. The molecule has 1 aromatic heterocycles. The van der Waals surface area contributed by atoms with Crippen molar-refractivity contribution in [3.8, 4) is 0 Å². The normalized spacial score (nSPS) is 10.5. The van der Waals surface area contributed by atoms with Crippen LogP contribution < -0.4 is 10.2 Å². The Hall–Kier alpha value is -4.32. The summed E-state index contributed by atoms with van der Waals surface area (Å²) in [6.45, 7) is 0.729. The Morgan fingerprint density at radius 3 is 2.29 bits per heavy atom. The number of rotatable bonds is 8. The first kappa shape index (κ1) is 22.9. The van der Waals surface area contributed by atoms with Crippen LogP contribution in [-0.4, -0.2) is 16.8 Å². The van der Waals surface area contributed by atoms with Crippen LogP contribution in [0.1, 0.15) is 27.0 Å². The molecule has 0 aliphatic rings. The van der Waals surface area contributed by atoms with Crippen LogP contribution in [0.3, 0.4) is 0 Å². The van der Waals surface area contributed by atoms with E-state index < -0.39 is 5.82 Å². The number of nitrogens with zero attached hydrogens (tertiary/aromatic N) is 2. The Morgan fingerprint density at radius 1 is 0.794 bits per heavy atom. The second kappa shape index (κ2) is 11.0. The van der Waals surface area contributed by atoms with Gasteiger partial charge in [0.1, 0.15) is 5.82 Å². The third-order valence-electron chi connectivity index (χ3n) is 5.33. The number of benzene rings is 3. The minimum Gasteiger partial charge on any atom is -0.352 e. The van der Waals surface area contributed by atoms with Crippen molar-refractivity contribution in [2.24, 2.45) is 0 Å². The Morgan fingerprint density at radius 2 is 1.53 bits per heavy atom. The van der Waals surface area contributed by atoms with Crippen molar-refractivity contribution in [3.63, 3.8) is 0 Å². The largest absolute Gasteiger partial charge is 0.352 e. The van der Waals surface area contributed by atoms with Crippen molar-refractivity contribution in [2.45, 2.75) is 19.5 Å². The number of halogens is 1. The molecule has 34 heavy (non-hydrogen) atoms. The lowest BCUT2D eigenvalue weighted by Gasteiger charge is -2.24. The van der Waals surface area contributed by atoms with E-state index in [-0.39, 0.29) is 23.8 Å². The van der Waals surface area contributed by atoms with Gasteiger partial charge in [-0.25, -0.2) is 4.39 Å². The number of aromatic nitrogens is 1. The van der Waals surface area contributed by atoms with Crippen LogP contribution in [0.25, 0.3) is 0 Å². The molecule has 3 aromatic carbocycles. The van der Waals surface area contributed by atoms with Gasteiger partial charge in [0, 0.05) is 30.2 Å². The van der Waals surface area contributed by atoms with Gasteiger partial charge in [-0.15, -0.1) is 0 Å². The van der Waals surface area contributed by atoms with Gasteiger partial charge in [-0.05, 0) is 59.2 Å². The minimum absolute atomic E-state index is 0.125. The molecule has 0 saturated heterocycles. The predicted molar refractivity (Wildman–Crippen MR) is 130 cm³/mol. The monoisotopic (exact) mass is 453 g/mol. The molecule has 0 saturated carbocycles. The fraction of sp³-hybridized carbons (Fsp3) is 0.107. The van der Waals surface area contributed by atoms with Crippen LogP contribution in [0, 0.1) is 5.82 Å². The number of carbonyl (C=O) groups is 2. The molecule has 0 aliphatic carbocycles. The second-order valence-corrected chi connectivity index (χ2v) is 7.87. The van der Waals surface area contributed by atoms with Crippen LogP contribution in [-0.2, 0) is 24.3 Å². The standard InChI is InChI=1S/C28H24FN3O2/c29-25-10-5-9-24(18-25)28(34)32(20-22-6-2-1-3-7-22)26-11-4-8-23(16-26)17-27(33)31-19-21-12-14-30-15-13-21/h1-16,18H,17,19-20H2,(H,31,33). The average molecular weight is 454 g/mol. The molecule has 4 rings (SSSR count). The van der Waals surface area contributed by atoms with Crippen LogP contribution in [0.5, 0.6) is 0 Å². The molecule has 5 nitrogen and oxygen atoms in total. The molecule has 1 heterocycles. The number of pyridine rings is 1. The third kappa shape index (κ3) is 6.13. The molecule has 0 unspecified atom stereocenters. The van der Waals surface area contributed by atoms with Crippen molar-refractivity contribution in [3.05, 3.63) is 131 Å². The summed E-state index contributed by atoms with van der Waals surface area (Å²) in [5.74, 6) is -0.909. The maximum atomic E-state index is 13.8. The first-order valence-electron chi connectivity index (χ1n) is 10.9. The maximum absolute atomic E-state index is 13.8. The predicted octanol–water partition coefficient (Wildman–Crippen LogP) is 4.93. The Bertz CT molecular complexity index is 1260. The Balaban J connectivity index is 1.54. The van der Waals surface area contributed by atoms with Gasteiger partial charge in [0.2, 0.25) is 5.91 Å². The summed E-state index contributed by atoms with van der Waals surface area (Å²) in [4.78, 5) is 31.4. The van der Waals surface area contributed by atoms with Crippen LogP contribution >= 0.6 is 0 Å². The van der Waals surface area contributed by atoms with E-state index in [0.29, 0.717) is 18.8 Å². The molecule has 0 spiro atoms. The zero-order chi connectivity index (χ0) is 23.8. The fourth-order valence-corrected chi connectivity index (χ4v) is 3.61. The molecule has 1 N–H and O–H groups in total. The lowest BCUT2D eigenvalue weighted by molar-refractivity contribution is -0.120. The average Bonchev–Trinajstić information content (AvgIpc) is 2.87. The van der Waals surface area contributed by atoms with E-state index in [1.807, 2.05) is 66.7 Å². The Labute approximate surface area is 197 Å². The Kier molecular flexibility index (Phi) is 7.40. The molecule has 4 aromatic rings. The third-order valence-corrected chi connectivity index (χ3v) is 5.33. The first-order valence-corrected chi connectivity index (χ1v) is 10.9. The number of anilines is 1. The summed E-state index contributed by atoms with van der Waals surface area (Å²) in [5, 5.41) is 2.90. The van der Waals surface area contributed by atoms with Gasteiger partial charge in [-0.1, -0.05) is 48.5 Å². The zero-order valence-corrected chi connectivity index (χ0v) is 18.5. The van der Waals surface area contributed by atoms with Gasteiger partial charge in [0.15, 0.2) is 0 Å². The molecular weight excluding hydrogens is 429 g/mol. The summed E-state index contributed by atoms with van der Waals surface area (Å²) in [6, 6.07) is 26.3. The highest BCUT2D eigenvalue weighted by Crippen LogP contribution is 2.22. The van der Waals surface area contributed by atoms with Crippen LogP contribution in [0.2, 0.25) is 0 Å². The summed E-state index contributed by atoms with van der Waals surface area (Å²) in [6.07, 6.45) is 3.54. The van der Waals surface area contributed by atoms with Crippen molar-refractivity contribution < 1.29 is 14.0 Å². The SMILES string of the molecule is O=C(Cc1cccc(N(Cc2ccccc2)C(=O)c2cccc(F)c2)c1)NCc1ccncc1. The number of nitrogens with one attached hydrogen (secondary N) is 1. The van der Waals surface area contributed by atoms with E-state index in [2.05, 4.69) is 10.3 Å². The maximum Gasteiger partial charge on any atom is 0.258 e. The van der Waals surface area contributed by atoms with E-state index in [0.717, 1.165) is 16.7 Å². The highest BCUT2D eigenvalue weighted by atomic mass is 19.1. The lowest BCUT2D eigenvalue weighted by atomic mass is 10.1. The number of carbonyl (C=O) groups excluding carboxylic acids is 2. The van der Waals surface area contributed by atoms with Crippen molar-refractivity contribution in [1.82, 2.24) is 10.3 Å². The van der Waals surface area contributed by atoms with Crippen LogP contribution in [0.4, 0.5) is 10.1 Å². The highest BCUT2D eigenvalue weighted by molar-refractivity contribution is 6.06. The molecule has 6 heteroatoms. The number of hydrogen-bond acceptors (Lipinski definition) is 3. The topological polar surface area (TPSA) is 62.3 Å². The van der Waals surface area contributed by atoms with Gasteiger partial charge >= 0.3 is 0 Å². The number of amides is 2. The molecular formula is C28H24FN3O2. The van der Waals surface area contributed by atoms with Crippen molar-refractivity contribution in [2.75, 3.05) is 4.90 Å². The molecule has 0 fully saturated rings.